The van der Waals surface area contributed by atoms with Crippen molar-refractivity contribution in [2.24, 2.45) is 5.92 Å². The molecule has 3 heterocycles. The molecule has 0 spiro atoms. The number of ketones is 2. The first kappa shape index (κ1) is 27.6. The number of anilines is 1. The van der Waals surface area contributed by atoms with Crippen LogP contribution in [0.4, 0.5) is 5.82 Å². The first-order chi connectivity index (χ1) is 19.3. The van der Waals surface area contributed by atoms with Gasteiger partial charge < -0.3 is 9.47 Å². The second kappa shape index (κ2) is 12.1. The third kappa shape index (κ3) is 5.80. The summed E-state index contributed by atoms with van der Waals surface area (Å²) in [6, 6.07) is 17.0. The fourth-order valence-corrected chi connectivity index (χ4v) is 5.13. The largest absolute Gasteiger partial charge is 0.492 e. The Hall–Kier alpha value is -3.95. The Morgan fingerprint density at radius 1 is 0.975 bits per heavy atom. The zero-order valence-electron chi connectivity index (χ0n) is 23.1. The number of carbonyl (C=O) groups excluding carboxylic acids is 3. The fourth-order valence-electron chi connectivity index (χ4n) is 5.13. The van der Waals surface area contributed by atoms with Crippen LogP contribution in [-0.2, 0) is 14.3 Å². The molecule has 3 aromatic rings. The number of hydrogen-bond donors (Lipinski definition) is 0. The first-order valence-electron chi connectivity index (χ1n) is 13.7. The van der Waals surface area contributed by atoms with Gasteiger partial charge in [-0.15, -0.1) is 5.10 Å². The highest BCUT2D eigenvalue weighted by molar-refractivity contribution is 6.48. The lowest BCUT2D eigenvalue weighted by Gasteiger charge is -2.27. The quantitative estimate of drug-likeness (QED) is 0.229. The lowest BCUT2D eigenvalue weighted by molar-refractivity contribution is -0.135. The molecule has 1 amide bonds. The molecule has 2 unspecified atom stereocenters. The van der Waals surface area contributed by atoms with Crippen molar-refractivity contribution in [2.45, 2.75) is 32.7 Å². The average molecular weight is 543 g/mol. The smallest absolute Gasteiger partial charge is 0.297 e. The molecule has 0 saturated carbocycles. The van der Waals surface area contributed by atoms with Crippen LogP contribution < -0.4 is 9.64 Å². The van der Waals surface area contributed by atoms with Gasteiger partial charge in [-0.1, -0.05) is 50.2 Å². The minimum Gasteiger partial charge on any atom is -0.492 e. The Balaban J connectivity index is 1.42. The van der Waals surface area contributed by atoms with Crippen molar-refractivity contribution in [3.05, 3.63) is 83.0 Å². The summed E-state index contributed by atoms with van der Waals surface area (Å²) >= 11 is 0. The van der Waals surface area contributed by atoms with Gasteiger partial charge in [-0.3, -0.25) is 24.2 Å². The molecular weight excluding hydrogens is 508 g/mol. The highest BCUT2D eigenvalue weighted by Gasteiger charge is 2.52. The van der Waals surface area contributed by atoms with Crippen LogP contribution in [0.3, 0.4) is 0 Å². The lowest BCUT2D eigenvalue weighted by atomic mass is 9.86. The second-order valence-electron chi connectivity index (χ2n) is 10.5. The Labute approximate surface area is 234 Å². The highest BCUT2D eigenvalue weighted by atomic mass is 16.5. The number of hydrogen-bond acceptors (Lipinski definition) is 8. The van der Waals surface area contributed by atoms with Gasteiger partial charge >= 0.3 is 0 Å². The van der Waals surface area contributed by atoms with Crippen LogP contribution in [0, 0.1) is 12.8 Å². The number of aryl methyl sites for hydroxylation is 1. The van der Waals surface area contributed by atoms with Gasteiger partial charge in [-0.05, 0) is 48.2 Å². The number of amides is 1. The van der Waals surface area contributed by atoms with Gasteiger partial charge in [0.1, 0.15) is 18.3 Å². The molecule has 2 aromatic carbocycles. The summed E-state index contributed by atoms with van der Waals surface area (Å²) in [6.45, 7) is 10.5. The summed E-state index contributed by atoms with van der Waals surface area (Å²) in [5.74, 6) is -1.94. The van der Waals surface area contributed by atoms with Crippen LogP contribution >= 0.6 is 0 Å². The first-order valence-corrected chi connectivity index (χ1v) is 13.7. The summed E-state index contributed by atoms with van der Waals surface area (Å²) in [7, 11) is 0. The Bertz CT molecular complexity index is 1350. The SMILES string of the molecule is Cc1ccc(N2C(=O)C(=O)C(C(=O)c3ccc(C(C)C)cc3)C2c2ccc(OCCN3CCOCC3)cc2)nn1. The van der Waals surface area contributed by atoms with Crippen LogP contribution in [0.1, 0.15) is 53.0 Å². The molecule has 2 saturated heterocycles. The minimum absolute atomic E-state index is 0.227. The molecule has 9 heteroatoms. The molecule has 0 aliphatic carbocycles. The number of nitrogens with zero attached hydrogens (tertiary/aromatic N) is 4. The third-order valence-corrected chi connectivity index (χ3v) is 7.48. The van der Waals surface area contributed by atoms with E-state index in [4.69, 9.17) is 9.47 Å². The molecule has 0 radical (unpaired) electrons. The number of ether oxygens (including phenoxy) is 2. The number of benzene rings is 2. The molecule has 9 nitrogen and oxygen atoms in total. The fraction of sp³-hybridized carbons (Fsp3) is 0.387. The number of Topliss-reactive ketones (excluding diaryl/α,β-unsaturated/α-hetero) is 2. The van der Waals surface area contributed by atoms with Gasteiger partial charge in [-0.25, -0.2) is 0 Å². The van der Waals surface area contributed by atoms with Gasteiger partial charge in [0.15, 0.2) is 11.6 Å². The van der Waals surface area contributed by atoms with Crippen molar-refractivity contribution in [1.82, 2.24) is 15.1 Å². The Kier molecular flexibility index (Phi) is 8.32. The topological polar surface area (TPSA) is 102 Å². The summed E-state index contributed by atoms with van der Waals surface area (Å²) in [5.41, 5.74) is 2.79. The predicted molar refractivity (Wildman–Crippen MR) is 150 cm³/mol. The molecular formula is C31H34N4O5. The maximum absolute atomic E-state index is 13.8. The van der Waals surface area contributed by atoms with E-state index in [1.54, 1.807) is 55.5 Å². The minimum atomic E-state index is -1.21. The molecule has 2 aliphatic rings. The summed E-state index contributed by atoms with van der Waals surface area (Å²) in [5, 5.41) is 8.25. The van der Waals surface area contributed by atoms with Gasteiger partial charge in [0, 0.05) is 25.2 Å². The third-order valence-electron chi connectivity index (χ3n) is 7.48. The van der Waals surface area contributed by atoms with E-state index in [0.29, 0.717) is 35.1 Å². The molecule has 0 bridgehead atoms. The van der Waals surface area contributed by atoms with Gasteiger partial charge in [0.25, 0.3) is 5.91 Å². The van der Waals surface area contributed by atoms with Crippen molar-refractivity contribution in [3.8, 4) is 5.75 Å². The maximum Gasteiger partial charge on any atom is 0.297 e. The normalized spacial score (nSPS) is 19.9. The van der Waals surface area contributed by atoms with Crippen molar-refractivity contribution in [1.29, 1.82) is 0 Å². The van der Waals surface area contributed by atoms with E-state index in [9.17, 15) is 14.4 Å². The Morgan fingerprint density at radius 2 is 1.68 bits per heavy atom. The van der Waals surface area contributed by atoms with Crippen molar-refractivity contribution in [3.63, 3.8) is 0 Å². The van der Waals surface area contributed by atoms with E-state index in [1.807, 2.05) is 12.1 Å². The highest BCUT2D eigenvalue weighted by Crippen LogP contribution is 2.41. The van der Waals surface area contributed by atoms with E-state index in [2.05, 4.69) is 28.9 Å². The molecule has 2 fully saturated rings. The lowest BCUT2D eigenvalue weighted by Crippen LogP contribution is -2.38. The number of morpholine rings is 1. The molecule has 0 N–H and O–H groups in total. The van der Waals surface area contributed by atoms with E-state index in [-0.39, 0.29) is 5.82 Å². The predicted octanol–water partition coefficient (Wildman–Crippen LogP) is 3.78. The number of carbonyl (C=O) groups is 3. The summed E-state index contributed by atoms with van der Waals surface area (Å²) < 4.78 is 11.3. The van der Waals surface area contributed by atoms with Gasteiger partial charge in [-0.2, -0.15) is 5.10 Å². The van der Waals surface area contributed by atoms with Crippen LogP contribution in [0.15, 0.2) is 60.7 Å². The summed E-state index contributed by atoms with van der Waals surface area (Å²) in [4.78, 5) is 44.1. The number of rotatable bonds is 9. The van der Waals surface area contributed by atoms with Crippen LogP contribution in [0.25, 0.3) is 0 Å². The van der Waals surface area contributed by atoms with Crippen LogP contribution in [0.5, 0.6) is 5.75 Å². The van der Waals surface area contributed by atoms with Gasteiger partial charge in [0.2, 0.25) is 5.78 Å². The van der Waals surface area contributed by atoms with Crippen LogP contribution in [0.2, 0.25) is 0 Å². The van der Waals surface area contributed by atoms with E-state index in [0.717, 1.165) is 38.4 Å². The second-order valence-corrected chi connectivity index (χ2v) is 10.5. The molecule has 2 aliphatic heterocycles. The van der Waals surface area contributed by atoms with Crippen molar-refractivity contribution < 1.29 is 23.9 Å². The maximum atomic E-state index is 13.8. The van der Waals surface area contributed by atoms with E-state index in [1.165, 1.54) is 4.90 Å². The van der Waals surface area contributed by atoms with E-state index >= 15 is 0 Å². The summed E-state index contributed by atoms with van der Waals surface area (Å²) in [6.07, 6.45) is 0. The molecule has 208 valence electrons. The number of aromatic nitrogens is 2. The molecule has 2 atom stereocenters. The monoisotopic (exact) mass is 542 g/mol. The van der Waals surface area contributed by atoms with Crippen molar-refractivity contribution in [2.75, 3.05) is 44.4 Å². The average Bonchev–Trinajstić information content (AvgIpc) is 3.24. The van der Waals surface area contributed by atoms with E-state index < -0.39 is 29.4 Å². The molecule has 1 aromatic heterocycles. The van der Waals surface area contributed by atoms with Crippen molar-refractivity contribution >= 4 is 23.3 Å². The van der Waals surface area contributed by atoms with Crippen LogP contribution in [-0.4, -0.2) is 72.0 Å². The molecule has 5 rings (SSSR count). The van der Waals surface area contributed by atoms with Gasteiger partial charge in [0.05, 0.1) is 24.9 Å². The standard InChI is InChI=1S/C31H34N4O5/c1-20(2)22-5-7-24(8-6-22)29(36)27-28(35(31(38)30(27)37)26-13-4-21(3)32-33-26)23-9-11-25(12-10-23)40-19-16-34-14-17-39-18-15-34/h4-13,20,27-28H,14-19H2,1-3H3. The zero-order chi connectivity index (χ0) is 28.2. The Morgan fingerprint density at radius 3 is 2.30 bits per heavy atom. The molecule has 40 heavy (non-hydrogen) atoms. The zero-order valence-corrected chi connectivity index (χ0v) is 23.1.